The van der Waals surface area contributed by atoms with Crippen molar-refractivity contribution >= 4 is 23.2 Å². The monoisotopic (exact) mass is 694 g/mol. The molecule has 2 aromatic rings. The molecule has 0 spiro atoms. The van der Waals surface area contributed by atoms with Crippen LogP contribution < -0.4 is 0 Å². The fourth-order valence-electron chi connectivity index (χ4n) is 6.03. The van der Waals surface area contributed by atoms with Crippen molar-refractivity contribution in [2.45, 2.75) is 65.1 Å². The maximum Gasteiger partial charge on any atom is 0.286 e. The fraction of sp³-hybridized carbons (Fsp3) is 0.533. The molecule has 4 aliphatic heterocycles. The molecule has 2 N–H and O–H groups in total. The maximum atomic E-state index is 11.4. The zero-order chi connectivity index (χ0) is 34.1. The molecule has 2 fully saturated rings. The van der Waals surface area contributed by atoms with Crippen LogP contribution in [-0.2, 0) is 17.8 Å². The van der Waals surface area contributed by atoms with E-state index < -0.39 is 6.23 Å². The summed E-state index contributed by atoms with van der Waals surface area (Å²) in [4.78, 5) is 37.8. The molecule has 0 aromatic carbocycles. The Morgan fingerprint density at radius 1 is 0.830 bits per heavy atom. The summed E-state index contributed by atoms with van der Waals surface area (Å²) < 4.78 is 5.75. The average Bonchev–Trinajstić information content (AvgIpc) is 3.66. The van der Waals surface area contributed by atoms with Crippen molar-refractivity contribution in [2.75, 3.05) is 39.4 Å². The molecule has 0 saturated carbocycles. The molecule has 47 heavy (non-hydrogen) atoms. The number of aliphatic hydroxyl groups excluding tert-OH is 2. The first kappa shape index (κ1) is 36.1. The Labute approximate surface area is 282 Å². The molecule has 2 atom stereocenters. The standard InChI is InChI=1S/C15H19ClN4O3.C13H15ClN4O3.C2H6O/c1-2-23-14-6-4-12(20(21)22)15-18(7-8-19(14)15)10-11-3-5-13(16)17-9-11;14-11-3-1-9(7-15-11)8-16-5-6-17-12(19)4-2-10(13(16)17)18(20)21;1-2-3/h3,5,9,14H,2,4,6-8,10H2,1H3;1,3,7,12,19H,2,4-6,8H2;3H,2H2,1H3. The third-order valence-corrected chi connectivity index (χ3v) is 8.43. The molecule has 0 aliphatic carbocycles. The van der Waals surface area contributed by atoms with Gasteiger partial charge in [-0.25, -0.2) is 9.97 Å². The minimum atomic E-state index is -0.642. The van der Waals surface area contributed by atoms with E-state index in [0.717, 1.165) is 24.2 Å². The van der Waals surface area contributed by atoms with Crippen LogP contribution in [0, 0.1) is 20.2 Å². The van der Waals surface area contributed by atoms with Crippen molar-refractivity contribution in [2.24, 2.45) is 0 Å². The first-order chi connectivity index (χ1) is 22.6. The SMILES string of the molecule is CCO.CCOC1CCC([N+](=O)[O-])=C2N(Cc3ccc(Cl)nc3)CCN21.O=[N+]([O-])C1=C2N(Cc3ccc(Cl)nc3)CCN2C(O)CC1. The largest absolute Gasteiger partial charge is 0.397 e. The van der Waals surface area contributed by atoms with Gasteiger partial charge < -0.3 is 34.5 Å². The van der Waals surface area contributed by atoms with E-state index >= 15 is 0 Å². The number of allylic oxidation sites excluding steroid dienone is 2. The third-order valence-electron chi connectivity index (χ3n) is 7.98. The Morgan fingerprint density at radius 2 is 1.30 bits per heavy atom. The van der Waals surface area contributed by atoms with Crippen molar-refractivity contribution in [1.29, 1.82) is 0 Å². The molecule has 0 bridgehead atoms. The number of nitrogens with zero attached hydrogens (tertiary/aromatic N) is 8. The lowest BCUT2D eigenvalue weighted by Gasteiger charge is -2.34. The number of halogens is 2. The predicted molar refractivity (Wildman–Crippen MR) is 173 cm³/mol. The Morgan fingerprint density at radius 3 is 1.74 bits per heavy atom. The lowest BCUT2D eigenvalue weighted by Crippen LogP contribution is -2.40. The molecule has 256 valence electrons. The number of pyridine rings is 2. The lowest BCUT2D eigenvalue weighted by atomic mass is 10.1. The summed E-state index contributed by atoms with van der Waals surface area (Å²) in [5, 5.41) is 41.1. The number of aromatic nitrogens is 2. The van der Waals surface area contributed by atoms with Gasteiger partial charge >= 0.3 is 0 Å². The van der Waals surface area contributed by atoms with E-state index in [9.17, 15) is 25.3 Å². The van der Waals surface area contributed by atoms with Crippen molar-refractivity contribution < 1.29 is 24.8 Å². The number of hydrogen-bond acceptors (Lipinski definition) is 13. The average molecular weight is 696 g/mol. The summed E-state index contributed by atoms with van der Waals surface area (Å²) in [6.45, 7) is 8.27. The first-order valence-electron chi connectivity index (χ1n) is 15.5. The zero-order valence-electron chi connectivity index (χ0n) is 26.4. The molecular formula is C30H40Cl2N8O7. The quantitative estimate of drug-likeness (QED) is 0.232. The molecule has 2 saturated heterocycles. The van der Waals surface area contributed by atoms with Crippen LogP contribution in [0.2, 0.25) is 10.3 Å². The summed E-state index contributed by atoms with van der Waals surface area (Å²) in [7, 11) is 0. The Bertz CT molecular complexity index is 1440. The minimum absolute atomic E-state index is 0.0768. The number of aliphatic hydroxyl groups is 2. The molecule has 2 unspecified atom stereocenters. The van der Waals surface area contributed by atoms with E-state index in [1.165, 1.54) is 0 Å². The smallest absolute Gasteiger partial charge is 0.286 e. The first-order valence-corrected chi connectivity index (χ1v) is 16.2. The number of ether oxygens (including phenoxy) is 1. The maximum absolute atomic E-state index is 11.4. The van der Waals surface area contributed by atoms with Crippen molar-refractivity contribution in [3.63, 3.8) is 0 Å². The van der Waals surface area contributed by atoms with Crippen LogP contribution in [0.15, 0.2) is 59.7 Å². The van der Waals surface area contributed by atoms with Crippen molar-refractivity contribution in [1.82, 2.24) is 29.6 Å². The molecule has 6 heterocycles. The predicted octanol–water partition coefficient (Wildman–Crippen LogP) is 3.86. The highest BCUT2D eigenvalue weighted by atomic mass is 35.5. The Kier molecular flexibility index (Phi) is 13.0. The van der Waals surface area contributed by atoms with Gasteiger partial charge in [0.2, 0.25) is 0 Å². The van der Waals surface area contributed by atoms with Gasteiger partial charge in [-0.1, -0.05) is 35.3 Å². The van der Waals surface area contributed by atoms with Crippen LogP contribution in [0.25, 0.3) is 0 Å². The van der Waals surface area contributed by atoms with Crippen LogP contribution in [0.4, 0.5) is 0 Å². The topological polar surface area (TPSA) is 175 Å². The molecule has 17 heteroatoms. The van der Waals surface area contributed by atoms with Gasteiger partial charge in [0.05, 0.1) is 9.85 Å². The highest BCUT2D eigenvalue weighted by Crippen LogP contribution is 2.35. The second-order valence-electron chi connectivity index (χ2n) is 11.0. The highest BCUT2D eigenvalue weighted by molar-refractivity contribution is 6.29. The van der Waals surface area contributed by atoms with Gasteiger partial charge in [-0.05, 0) is 37.1 Å². The van der Waals surface area contributed by atoms with Gasteiger partial charge in [0.1, 0.15) is 22.8 Å². The number of hydrogen-bond donors (Lipinski definition) is 2. The van der Waals surface area contributed by atoms with Gasteiger partial charge in [0.15, 0.2) is 11.6 Å². The van der Waals surface area contributed by atoms with E-state index in [1.807, 2.05) is 33.8 Å². The zero-order valence-corrected chi connectivity index (χ0v) is 27.9. The second kappa shape index (κ2) is 16.9. The van der Waals surface area contributed by atoms with E-state index in [1.54, 1.807) is 36.4 Å². The Balaban J connectivity index is 0.000000197. The summed E-state index contributed by atoms with van der Waals surface area (Å²) in [5.41, 5.74) is 2.36. The van der Waals surface area contributed by atoms with E-state index in [2.05, 4.69) is 9.97 Å². The van der Waals surface area contributed by atoms with E-state index in [-0.39, 0.29) is 40.5 Å². The summed E-state index contributed by atoms with van der Waals surface area (Å²) >= 11 is 11.6. The van der Waals surface area contributed by atoms with Gasteiger partial charge in [0.25, 0.3) is 11.4 Å². The van der Waals surface area contributed by atoms with Crippen molar-refractivity contribution in [3.05, 3.63) is 101 Å². The van der Waals surface area contributed by atoms with E-state index in [0.29, 0.717) is 74.0 Å². The molecule has 15 nitrogen and oxygen atoms in total. The highest BCUT2D eigenvalue weighted by Gasteiger charge is 2.42. The van der Waals surface area contributed by atoms with E-state index in [4.69, 9.17) is 33.0 Å². The van der Waals surface area contributed by atoms with Gasteiger partial charge in [-0.15, -0.1) is 0 Å². The van der Waals surface area contributed by atoms with Gasteiger partial charge in [0, 0.05) is 90.6 Å². The molecule has 0 amide bonds. The molecule has 4 aliphatic rings. The number of fused-ring (bicyclic) bond motifs is 2. The molecule has 2 aromatic heterocycles. The summed E-state index contributed by atoms with van der Waals surface area (Å²) in [5.74, 6) is 1.23. The van der Waals surface area contributed by atoms with Gasteiger partial charge in [-0.2, -0.15) is 0 Å². The normalized spacial score (nSPS) is 20.3. The number of rotatable bonds is 8. The van der Waals surface area contributed by atoms with Gasteiger partial charge in [-0.3, -0.25) is 20.2 Å². The second-order valence-corrected chi connectivity index (χ2v) is 11.8. The van der Waals surface area contributed by atoms with Crippen LogP contribution >= 0.6 is 23.2 Å². The lowest BCUT2D eigenvalue weighted by molar-refractivity contribution is -0.433. The fourth-order valence-corrected chi connectivity index (χ4v) is 6.26. The molecule has 0 radical (unpaired) electrons. The van der Waals surface area contributed by atoms with Crippen LogP contribution in [0.5, 0.6) is 0 Å². The van der Waals surface area contributed by atoms with Crippen LogP contribution in [0.3, 0.4) is 0 Å². The minimum Gasteiger partial charge on any atom is -0.397 e. The van der Waals surface area contributed by atoms with Crippen molar-refractivity contribution in [3.8, 4) is 0 Å². The Hall–Kier alpha value is -3.76. The van der Waals surface area contributed by atoms with Crippen LogP contribution in [-0.4, -0.2) is 101 Å². The van der Waals surface area contributed by atoms with Crippen LogP contribution in [0.1, 0.15) is 50.7 Å². The molecular weight excluding hydrogens is 655 g/mol. The summed E-state index contributed by atoms with van der Waals surface area (Å²) in [6.07, 6.45) is 4.43. The molecule has 6 rings (SSSR count). The number of nitro groups is 2. The third kappa shape index (κ3) is 8.99. The summed E-state index contributed by atoms with van der Waals surface area (Å²) in [6, 6.07) is 7.18.